The molecule has 1 rings (SSSR count). The van der Waals surface area contributed by atoms with E-state index in [4.69, 9.17) is 4.74 Å². The van der Waals surface area contributed by atoms with E-state index in [9.17, 15) is 0 Å². The number of rotatable bonds is 1. The summed E-state index contributed by atoms with van der Waals surface area (Å²) < 4.78 is 5.53. The molecule has 1 aliphatic rings. The lowest BCUT2D eigenvalue weighted by molar-refractivity contribution is 0.0763. The first-order valence-electron chi connectivity index (χ1n) is 6.93. The van der Waals surface area contributed by atoms with Crippen molar-refractivity contribution in [2.45, 2.75) is 80.8 Å². The van der Waals surface area contributed by atoms with Gasteiger partial charge in [-0.05, 0) is 30.6 Å². The van der Waals surface area contributed by atoms with Crippen LogP contribution >= 0.6 is 0 Å². The van der Waals surface area contributed by atoms with Crippen molar-refractivity contribution in [1.82, 2.24) is 0 Å². The Hall–Kier alpha value is -0.0400. The zero-order valence-electron chi connectivity index (χ0n) is 12.9. The minimum atomic E-state index is 0.439. The van der Waals surface area contributed by atoms with E-state index in [2.05, 4.69) is 41.5 Å². The van der Waals surface area contributed by atoms with Crippen LogP contribution in [0, 0.1) is 11.3 Å². The first-order chi connectivity index (χ1) is 7.31. The lowest BCUT2D eigenvalue weighted by Crippen LogP contribution is -2.16. The maximum Gasteiger partial charge on any atom is 0.0581 e. The summed E-state index contributed by atoms with van der Waals surface area (Å²) in [6.45, 7) is 18.3. The fourth-order valence-corrected chi connectivity index (χ4v) is 1.49. The van der Waals surface area contributed by atoms with Crippen molar-refractivity contribution in [2.75, 3.05) is 6.61 Å². The van der Waals surface area contributed by atoms with Crippen LogP contribution < -0.4 is 0 Å². The molecule has 100 valence electrons. The van der Waals surface area contributed by atoms with Crippen molar-refractivity contribution in [3.8, 4) is 0 Å². The SMILES string of the molecule is CC.CC(C)(C)CC1CCCO1.CC(C)C. The van der Waals surface area contributed by atoms with E-state index in [-0.39, 0.29) is 0 Å². The molecule has 0 aromatic carbocycles. The minimum absolute atomic E-state index is 0.439. The molecule has 1 atom stereocenters. The topological polar surface area (TPSA) is 9.23 Å². The Labute approximate surface area is 104 Å². The molecule has 1 heterocycles. The van der Waals surface area contributed by atoms with Gasteiger partial charge in [0.25, 0.3) is 0 Å². The molecule has 0 spiro atoms. The number of hydrogen-bond acceptors (Lipinski definition) is 1. The highest BCUT2D eigenvalue weighted by Gasteiger charge is 2.21. The molecule has 0 saturated carbocycles. The smallest absolute Gasteiger partial charge is 0.0581 e. The fourth-order valence-electron chi connectivity index (χ4n) is 1.49. The van der Waals surface area contributed by atoms with E-state index < -0.39 is 0 Å². The second-order valence-electron chi connectivity index (χ2n) is 6.13. The summed E-state index contributed by atoms with van der Waals surface area (Å²) in [5.74, 6) is 0.833. The molecule has 0 aromatic heterocycles. The van der Waals surface area contributed by atoms with Gasteiger partial charge in [0.05, 0.1) is 6.10 Å². The molecular formula is C15H34O. The standard InChI is InChI=1S/C9H18O.C4H10.C2H6/c1-9(2,3)7-8-5-4-6-10-8;1-4(2)3;1-2/h8H,4-7H2,1-3H3;4H,1-3H3;1-2H3. The van der Waals surface area contributed by atoms with Crippen molar-refractivity contribution in [2.24, 2.45) is 11.3 Å². The van der Waals surface area contributed by atoms with Crippen LogP contribution in [0.3, 0.4) is 0 Å². The Morgan fingerprint density at radius 2 is 1.56 bits per heavy atom. The van der Waals surface area contributed by atoms with Crippen molar-refractivity contribution < 1.29 is 4.74 Å². The third-order valence-corrected chi connectivity index (χ3v) is 1.86. The molecule has 1 heteroatoms. The van der Waals surface area contributed by atoms with Crippen molar-refractivity contribution in [3.63, 3.8) is 0 Å². The van der Waals surface area contributed by atoms with Gasteiger partial charge in [0.15, 0.2) is 0 Å². The highest BCUT2D eigenvalue weighted by molar-refractivity contribution is 4.72. The van der Waals surface area contributed by atoms with Crippen LogP contribution in [0.4, 0.5) is 0 Å². The van der Waals surface area contributed by atoms with Gasteiger partial charge in [-0.15, -0.1) is 0 Å². The maximum absolute atomic E-state index is 5.53. The van der Waals surface area contributed by atoms with Crippen molar-refractivity contribution >= 4 is 0 Å². The quantitative estimate of drug-likeness (QED) is 0.594. The Morgan fingerprint density at radius 3 is 1.81 bits per heavy atom. The zero-order chi connectivity index (χ0) is 13.2. The Kier molecular flexibility index (Phi) is 11.6. The summed E-state index contributed by atoms with van der Waals surface area (Å²) in [5.41, 5.74) is 0.439. The molecule has 0 amide bonds. The van der Waals surface area contributed by atoms with Gasteiger partial charge in [0.1, 0.15) is 0 Å². The van der Waals surface area contributed by atoms with Crippen LogP contribution in [0.15, 0.2) is 0 Å². The van der Waals surface area contributed by atoms with Crippen LogP contribution in [0.1, 0.15) is 74.7 Å². The first-order valence-corrected chi connectivity index (χ1v) is 6.93. The summed E-state index contributed by atoms with van der Waals surface area (Å²) >= 11 is 0. The molecular weight excluding hydrogens is 196 g/mol. The van der Waals surface area contributed by atoms with Crippen LogP contribution in [-0.2, 0) is 4.74 Å². The van der Waals surface area contributed by atoms with Gasteiger partial charge >= 0.3 is 0 Å². The van der Waals surface area contributed by atoms with Crippen molar-refractivity contribution in [1.29, 1.82) is 0 Å². The lowest BCUT2D eigenvalue weighted by atomic mass is 9.88. The van der Waals surface area contributed by atoms with E-state index in [0.717, 1.165) is 12.5 Å². The summed E-state index contributed by atoms with van der Waals surface area (Å²) in [7, 11) is 0. The predicted molar refractivity (Wildman–Crippen MR) is 74.9 cm³/mol. The first kappa shape index (κ1) is 18.3. The Balaban J connectivity index is 0. The van der Waals surface area contributed by atoms with Gasteiger partial charge in [-0.1, -0.05) is 55.4 Å². The molecule has 0 bridgehead atoms. The minimum Gasteiger partial charge on any atom is -0.378 e. The molecule has 1 aliphatic heterocycles. The van der Waals surface area contributed by atoms with Crippen LogP contribution in [0.2, 0.25) is 0 Å². The molecule has 1 unspecified atom stereocenters. The highest BCUT2D eigenvalue weighted by Crippen LogP contribution is 2.27. The lowest BCUT2D eigenvalue weighted by Gasteiger charge is -2.21. The Morgan fingerprint density at radius 1 is 1.12 bits per heavy atom. The zero-order valence-corrected chi connectivity index (χ0v) is 12.9. The molecule has 0 N–H and O–H groups in total. The predicted octanol–water partition coefficient (Wildman–Crippen LogP) is 5.29. The Bertz CT molecular complexity index is 124. The third kappa shape index (κ3) is 16.4. The van der Waals surface area contributed by atoms with Gasteiger partial charge in [-0.25, -0.2) is 0 Å². The van der Waals surface area contributed by atoms with Crippen LogP contribution in [0.5, 0.6) is 0 Å². The van der Waals surface area contributed by atoms with E-state index >= 15 is 0 Å². The molecule has 0 aromatic rings. The maximum atomic E-state index is 5.53. The number of ether oxygens (including phenoxy) is 1. The molecule has 16 heavy (non-hydrogen) atoms. The van der Waals surface area contributed by atoms with E-state index in [1.807, 2.05) is 13.8 Å². The molecule has 0 radical (unpaired) electrons. The average molecular weight is 230 g/mol. The van der Waals surface area contributed by atoms with Gasteiger partial charge in [-0.3, -0.25) is 0 Å². The fraction of sp³-hybridized carbons (Fsp3) is 1.00. The summed E-state index contributed by atoms with van der Waals surface area (Å²) in [6.07, 6.45) is 4.31. The van der Waals surface area contributed by atoms with Crippen LogP contribution in [0.25, 0.3) is 0 Å². The van der Waals surface area contributed by atoms with Crippen molar-refractivity contribution in [3.05, 3.63) is 0 Å². The third-order valence-electron chi connectivity index (χ3n) is 1.86. The molecule has 1 saturated heterocycles. The second kappa shape index (κ2) is 10.1. The van der Waals surface area contributed by atoms with Crippen LogP contribution in [-0.4, -0.2) is 12.7 Å². The molecule has 0 aliphatic carbocycles. The molecule has 1 nitrogen and oxygen atoms in total. The summed E-state index contributed by atoms with van der Waals surface area (Å²) in [5, 5.41) is 0. The van der Waals surface area contributed by atoms with E-state index in [1.165, 1.54) is 19.3 Å². The van der Waals surface area contributed by atoms with E-state index in [0.29, 0.717) is 11.5 Å². The van der Waals surface area contributed by atoms with Gasteiger partial charge in [-0.2, -0.15) is 0 Å². The summed E-state index contributed by atoms with van der Waals surface area (Å²) in [6, 6.07) is 0. The number of hydrogen-bond donors (Lipinski definition) is 0. The normalized spacial score (nSPS) is 19.7. The average Bonchev–Trinajstić information content (AvgIpc) is 2.56. The summed E-state index contributed by atoms with van der Waals surface area (Å²) in [4.78, 5) is 0. The van der Waals surface area contributed by atoms with E-state index in [1.54, 1.807) is 0 Å². The monoisotopic (exact) mass is 230 g/mol. The van der Waals surface area contributed by atoms with Gasteiger partial charge in [0, 0.05) is 6.61 Å². The van der Waals surface area contributed by atoms with Gasteiger partial charge in [0.2, 0.25) is 0 Å². The largest absolute Gasteiger partial charge is 0.378 e. The highest BCUT2D eigenvalue weighted by atomic mass is 16.5. The second-order valence-corrected chi connectivity index (χ2v) is 6.13. The molecule has 1 fully saturated rings. The van der Waals surface area contributed by atoms with Gasteiger partial charge < -0.3 is 4.74 Å².